The molecule has 1 aromatic carbocycles. The Morgan fingerprint density at radius 3 is 2.88 bits per heavy atom. The van der Waals surface area contributed by atoms with E-state index in [1.54, 1.807) is 7.05 Å². The van der Waals surface area contributed by atoms with Gasteiger partial charge in [-0.1, -0.05) is 17.7 Å². The Morgan fingerprint density at radius 2 is 2.17 bits per heavy atom. The highest BCUT2D eigenvalue weighted by Gasteiger charge is 2.10. The van der Waals surface area contributed by atoms with E-state index in [0.29, 0.717) is 11.6 Å². The van der Waals surface area contributed by atoms with Crippen molar-refractivity contribution in [1.29, 1.82) is 0 Å². The molecule has 0 aromatic heterocycles. The number of ether oxygens (including phenoxy) is 2. The maximum Gasteiger partial charge on any atom is 0.191 e. The molecule has 1 fully saturated rings. The van der Waals surface area contributed by atoms with Gasteiger partial charge in [0.2, 0.25) is 0 Å². The molecule has 0 radical (unpaired) electrons. The van der Waals surface area contributed by atoms with Crippen LogP contribution in [0.5, 0.6) is 5.75 Å². The number of rotatable bonds is 7. The van der Waals surface area contributed by atoms with Crippen molar-refractivity contribution < 1.29 is 9.47 Å². The fraction of sp³-hybridized carbons (Fsp3) is 0.588. The summed E-state index contributed by atoms with van der Waals surface area (Å²) in [5.41, 5.74) is 0. The molecule has 0 bridgehead atoms. The van der Waals surface area contributed by atoms with Crippen LogP contribution < -0.4 is 15.4 Å². The molecule has 1 heterocycles. The third-order valence-corrected chi connectivity index (χ3v) is 3.97. The van der Waals surface area contributed by atoms with Crippen molar-refractivity contribution in [3.63, 3.8) is 0 Å². The lowest BCUT2D eigenvalue weighted by Gasteiger charge is -2.26. The van der Waals surface area contributed by atoms with E-state index in [-0.39, 0.29) is 6.10 Å². The summed E-state index contributed by atoms with van der Waals surface area (Å²) >= 11 is 5.96. The molecule has 1 saturated heterocycles. The lowest BCUT2D eigenvalue weighted by molar-refractivity contribution is 0.0389. The summed E-state index contributed by atoms with van der Waals surface area (Å²) in [6.45, 7) is 8.15. The minimum absolute atomic E-state index is 0.00117. The number of halogens is 1. The first-order valence-electron chi connectivity index (χ1n) is 8.34. The van der Waals surface area contributed by atoms with Crippen LogP contribution in [0.1, 0.15) is 6.92 Å². The van der Waals surface area contributed by atoms with Crippen molar-refractivity contribution in [2.45, 2.75) is 13.0 Å². The Hall–Kier alpha value is -1.50. The number of aliphatic imine (C=N–C) groups is 1. The van der Waals surface area contributed by atoms with Crippen molar-refractivity contribution in [2.75, 3.05) is 53.0 Å². The summed E-state index contributed by atoms with van der Waals surface area (Å²) in [4.78, 5) is 6.62. The van der Waals surface area contributed by atoms with Crippen LogP contribution in [-0.2, 0) is 4.74 Å². The van der Waals surface area contributed by atoms with Crippen LogP contribution >= 0.6 is 11.6 Å². The molecule has 1 aromatic rings. The molecule has 0 amide bonds. The molecule has 0 spiro atoms. The van der Waals surface area contributed by atoms with Crippen LogP contribution in [0.2, 0.25) is 5.02 Å². The lowest BCUT2D eigenvalue weighted by atomic mass is 10.3. The summed E-state index contributed by atoms with van der Waals surface area (Å²) in [7, 11) is 1.77. The predicted molar refractivity (Wildman–Crippen MR) is 98.2 cm³/mol. The first-order valence-corrected chi connectivity index (χ1v) is 8.72. The number of morpholine rings is 1. The van der Waals surface area contributed by atoms with E-state index in [2.05, 4.69) is 20.5 Å². The number of nitrogens with zero attached hydrogens (tertiary/aromatic N) is 2. The average Bonchev–Trinajstić information content (AvgIpc) is 2.59. The Labute approximate surface area is 149 Å². The first kappa shape index (κ1) is 18.8. The zero-order chi connectivity index (χ0) is 17.2. The highest BCUT2D eigenvalue weighted by atomic mass is 35.5. The normalized spacial score (nSPS) is 17.4. The molecule has 2 rings (SSSR count). The van der Waals surface area contributed by atoms with Gasteiger partial charge in [-0.15, -0.1) is 0 Å². The average molecular weight is 355 g/mol. The molecular formula is C17H27ClN4O2. The predicted octanol–water partition coefficient (Wildman–Crippen LogP) is 1.60. The van der Waals surface area contributed by atoms with Gasteiger partial charge >= 0.3 is 0 Å². The van der Waals surface area contributed by atoms with Gasteiger partial charge in [-0.25, -0.2) is 0 Å². The van der Waals surface area contributed by atoms with Gasteiger partial charge in [-0.2, -0.15) is 0 Å². The number of hydrogen-bond donors (Lipinski definition) is 2. The molecule has 24 heavy (non-hydrogen) atoms. The standard InChI is InChI=1S/C17H27ClN4O2/c1-14(24-16-5-3-4-15(18)12-16)13-21-17(19-2)20-6-7-22-8-10-23-11-9-22/h3-5,12,14H,6-11,13H2,1-2H3,(H2,19,20,21). The summed E-state index contributed by atoms with van der Waals surface area (Å²) in [6.07, 6.45) is 0.00117. The van der Waals surface area contributed by atoms with Crippen LogP contribution in [0.4, 0.5) is 0 Å². The van der Waals surface area contributed by atoms with Crippen molar-refractivity contribution in [2.24, 2.45) is 4.99 Å². The summed E-state index contributed by atoms with van der Waals surface area (Å²) in [5, 5.41) is 7.28. The third kappa shape index (κ3) is 6.95. The topological polar surface area (TPSA) is 58.1 Å². The van der Waals surface area contributed by atoms with Crippen LogP contribution in [0.3, 0.4) is 0 Å². The Kier molecular flexibility index (Phi) is 8.15. The number of nitrogens with one attached hydrogen (secondary N) is 2. The summed E-state index contributed by atoms with van der Waals surface area (Å²) in [5.74, 6) is 1.55. The Bertz CT molecular complexity index is 521. The van der Waals surface area contributed by atoms with Crippen molar-refractivity contribution in [3.05, 3.63) is 29.3 Å². The van der Waals surface area contributed by atoms with Crippen LogP contribution in [0.25, 0.3) is 0 Å². The SMILES string of the molecule is CN=C(NCCN1CCOCC1)NCC(C)Oc1cccc(Cl)c1. The van der Waals surface area contributed by atoms with E-state index in [1.165, 1.54) is 0 Å². The monoisotopic (exact) mass is 354 g/mol. The molecule has 7 heteroatoms. The van der Waals surface area contributed by atoms with E-state index < -0.39 is 0 Å². The maximum atomic E-state index is 5.96. The zero-order valence-electron chi connectivity index (χ0n) is 14.4. The molecule has 1 aliphatic rings. The second-order valence-electron chi connectivity index (χ2n) is 5.72. The van der Waals surface area contributed by atoms with Gasteiger partial charge in [0, 0.05) is 38.2 Å². The largest absolute Gasteiger partial charge is 0.489 e. The molecular weight excluding hydrogens is 328 g/mol. The minimum atomic E-state index is 0.00117. The maximum absolute atomic E-state index is 5.96. The van der Waals surface area contributed by atoms with Gasteiger partial charge in [0.15, 0.2) is 5.96 Å². The molecule has 1 unspecified atom stereocenters. The van der Waals surface area contributed by atoms with E-state index in [0.717, 1.165) is 51.1 Å². The fourth-order valence-electron chi connectivity index (χ4n) is 2.43. The molecule has 1 atom stereocenters. The Balaban J connectivity index is 1.65. The number of hydrogen-bond acceptors (Lipinski definition) is 4. The molecule has 2 N–H and O–H groups in total. The van der Waals surface area contributed by atoms with E-state index in [9.17, 15) is 0 Å². The zero-order valence-corrected chi connectivity index (χ0v) is 15.2. The van der Waals surface area contributed by atoms with Gasteiger partial charge in [0.1, 0.15) is 11.9 Å². The number of guanidine groups is 1. The highest BCUT2D eigenvalue weighted by Crippen LogP contribution is 2.18. The van der Waals surface area contributed by atoms with Crippen LogP contribution in [0.15, 0.2) is 29.3 Å². The molecule has 1 aliphatic heterocycles. The van der Waals surface area contributed by atoms with E-state index in [1.807, 2.05) is 31.2 Å². The van der Waals surface area contributed by atoms with Gasteiger partial charge < -0.3 is 20.1 Å². The molecule has 0 saturated carbocycles. The number of benzene rings is 1. The minimum Gasteiger partial charge on any atom is -0.489 e. The molecule has 0 aliphatic carbocycles. The van der Waals surface area contributed by atoms with Gasteiger partial charge in [0.05, 0.1) is 19.8 Å². The van der Waals surface area contributed by atoms with Gasteiger partial charge in [-0.05, 0) is 25.1 Å². The van der Waals surface area contributed by atoms with E-state index >= 15 is 0 Å². The Morgan fingerprint density at radius 1 is 1.38 bits per heavy atom. The van der Waals surface area contributed by atoms with Gasteiger partial charge in [0.25, 0.3) is 0 Å². The lowest BCUT2D eigenvalue weighted by Crippen LogP contribution is -2.46. The van der Waals surface area contributed by atoms with Crippen LogP contribution in [0, 0.1) is 0 Å². The highest BCUT2D eigenvalue weighted by molar-refractivity contribution is 6.30. The van der Waals surface area contributed by atoms with Gasteiger partial charge in [-0.3, -0.25) is 9.89 Å². The molecule has 134 valence electrons. The second kappa shape index (κ2) is 10.4. The van der Waals surface area contributed by atoms with Crippen LogP contribution in [-0.4, -0.2) is 69.9 Å². The quantitative estimate of drug-likeness (QED) is 0.575. The summed E-state index contributed by atoms with van der Waals surface area (Å²) < 4.78 is 11.2. The second-order valence-corrected chi connectivity index (χ2v) is 6.16. The van der Waals surface area contributed by atoms with E-state index in [4.69, 9.17) is 21.1 Å². The smallest absolute Gasteiger partial charge is 0.191 e. The fourth-order valence-corrected chi connectivity index (χ4v) is 2.61. The van der Waals surface area contributed by atoms with Crippen molar-refractivity contribution >= 4 is 17.6 Å². The summed E-state index contributed by atoms with van der Waals surface area (Å²) in [6, 6.07) is 7.42. The van der Waals surface area contributed by atoms with Crippen molar-refractivity contribution in [3.8, 4) is 5.75 Å². The molecule has 6 nitrogen and oxygen atoms in total. The third-order valence-electron chi connectivity index (χ3n) is 3.74. The first-order chi connectivity index (χ1) is 11.7. The van der Waals surface area contributed by atoms with Crippen molar-refractivity contribution in [1.82, 2.24) is 15.5 Å².